The number of aromatic nitrogens is 3. The van der Waals surface area contributed by atoms with Crippen LogP contribution in [0.15, 0.2) is 18.0 Å². The Hall–Kier alpha value is -2.42. The maximum absolute atomic E-state index is 12.0. The first-order valence-electron chi connectivity index (χ1n) is 10.8. The average Bonchev–Trinajstić information content (AvgIpc) is 3.36. The fraction of sp³-hybridized carbons (Fsp3) is 0.714. The number of amides is 1. The lowest BCUT2D eigenvalue weighted by molar-refractivity contribution is -0.144. The van der Waals surface area contributed by atoms with Gasteiger partial charge in [-0.05, 0) is 31.8 Å². The molecule has 1 fully saturated rings. The van der Waals surface area contributed by atoms with E-state index in [1.165, 1.54) is 11.6 Å². The minimum absolute atomic E-state index is 0.00540. The molecule has 166 valence electrons. The maximum atomic E-state index is 12.0. The van der Waals surface area contributed by atoms with Crippen LogP contribution in [0.2, 0.25) is 0 Å². The van der Waals surface area contributed by atoms with Gasteiger partial charge >= 0.3 is 5.97 Å². The molecule has 0 aliphatic heterocycles. The Morgan fingerprint density at radius 3 is 2.57 bits per heavy atom. The summed E-state index contributed by atoms with van der Waals surface area (Å²) in [5.74, 6) is -1.61. The van der Waals surface area contributed by atoms with Crippen LogP contribution in [0.25, 0.3) is 0 Å². The topological polar surface area (TPSA) is 127 Å². The summed E-state index contributed by atoms with van der Waals surface area (Å²) in [6.45, 7) is 5.41. The van der Waals surface area contributed by atoms with Gasteiger partial charge in [0.25, 0.3) is 0 Å². The Morgan fingerprint density at radius 2 is 2.00 bits per heavy atom. The Labute approximate surface area is 176 Å². The predicted molar refractivity (Wildman–Crippen MR) is 108 cm³/mol. The van der Waals surface area contributed by atoms with Crippen LogP contribution in [0.3, 0.4) is 0 Å². The lowest BCUT2D eigenvalue weighted by atomic mass is 9.84. The van der Waals surface area contributed by atoms with Crippen LogP contribution in [0.4, 0.5) is 0 Å². The highest BCUT2D eigenvalue weighted by Crippen LogP contribution is 2.39. The van der Waals surface area contributed by atoms with E-state index in [9.17, 15) is 19.8 Å². The third-order valence-electron chi connectivity index (χ3n) is 6.22. The summed E-state index contributed by atoms with van der Waals surface area (Å²) in [5, 5.41) is 31.9. The van der Waals surface area contributed by atoms with Gasteiger partial charge in [-0.15, -0.1) is 5.10 Å². The highest BCUT2D eigenvalue weighted by molar-refractivity contribution is 5.76. The van der Waals surface area contributed by atoms with Crippen LogP contribution in [0, 0.1) is 5.92 Å². The molecule has 2 aliphatic rings. The SMILES string of the molecule is CCC(CC)OC1=CC(n2cc(C3(O)CCCC3)nn2)C(NC(C)=O)C(C(=O)O)C1. The summed E-state index contributed by atoms with van der Waals surface area (Å²) >= 11 is 0. The fourth-order valence-corrected chi connectivity index (χ4v) is 4.45. The Bertz CT molecular complexity index is 795. The van der Waals surface area contributed by atoms with Crippen LogP contribution >= 0.6 is 0 Å². The van der Waals surface area contributed by atoms with Gasteiger partial charge < -0.3 is 20.3 Å². The van der Waals surface area contributed by atoms with E-state index in [2.05, 4.69) is 15.6 Å². The van der Waals surface area contributed by atoms with E-state index in [1.54, 1.807) is 6.20 Å². The largest absolute Gasteiger partial charge is 0.495 e. The first kappa shape index (κ1) is 22.3. The number of aliphatic hydroxyl groups is 1. The molecular weight excluding hydrogens is 388 g/mol. The van der Waals surface area contributed by atoms with Crippen molar-refractivity contribution in [3.63, 3.8) is 0 Å². The molecule has 1 aromatic heterocycles. The Kier molecular flexibility index (Phi) is 6.80. The number of rotatable bonds is 8. The molecule has 1 saturated carbocycles. The molecule has 0 spiro atoms. The number of hydrogen-bond donors (Lipinski definition) is 3. The fourth-order valence-electron chi connectivity index (χ4n) is 4.45. The summed E-state index contributed by atoms with van der Waals surface area (Å²) in [5.41, 5.74) is -0.517. The number of carbonyl (C=O) groups excluding carboxylic acids is 1. The van der Waals surface area contributed by atoms with Crippen molar-refractivity contribution < 1.29 is 24.5 Å². The zero-order chi connectivity index (χ0) is 21.9. The van der Waals surface area contributed by atoms with Crippen LogP contribution in [0.5, 0.6) is 0 Å². The summed E-state index contributed by atoms with van der Waals surface area (Å²) in [6, 6.07) is -1.29. The minimum Gasteiger partial charge on any atom is -0.495 e. The molecule has 3 N–H and O–H groups in total. The number of carboxylic acids is 1. The van der Waals surface area contributed by atoms with E-state index in [0.717, 1.165) is 25.7 Å². The normalized spacial score (nSPS) is 25.8. The van der Waals surface area contributed by atoms with Crippen molar-refractivity contribution in [3.05, 3.63) is 23.7 Å². The number of carbonyl (C=O) groups is 2. The number of hydrogen-bond acceptors (Lipinski definition) is 6. The van der Waals surface area contributed by atoms with Crippen LogP contribution in [-0.4, -0.2) is 49.2 Å². The van der Waals surface area contributed by atoms with E-state index in [1.807, 2.05) is 19.9 Å². The van der Waals surface area contributed by atoms with E-state index in [-0.39, 0.29) is 18.4 Å². The zero-order valence-electron chi connectivity index (χ0n) is 17.9. The molecule has 1 heterocycles. The lowest BCUT2D eigenvalue weighted by Crippen LogP contribution is -2.50. The Balaban J connectivity index is 1.97. The van der Waals surface area contributed by atoms with Gasteiger partial charge in [-0.25, -0.2) is 4.68 Å². The van der Waals surface area contributed by atoms with Crippen LogP contribution < -0.4 is 5.32 Å². The van der Waals surface area contributed by atoms with Crippen molar-refractivity contribution in [1.82, 2.24) is 20.3 Å². The van der Waals surface area contributed by atoms with Gasteiger partial charge in [-0.1, -0.05) is 31.9 Å². The number of aliphatic carboxylic acids is 1. The van der Waals surface area contributed by atoms with Gasteiger partial charge in [0.15, 0.2) is 0 Å². The number of allylic oxidation sites excluding steroid dienone is 1. The zero-order valence-corrected chi connectivity index (χ0v) is 17.9. The molecule has 3 atom stereocenters. The monoisotopic (exact) mass is 420 g/mol. The van der Waals surface area contributed by atoms with Gasteiger partial charge in [-0.3, -0.25) is 9.59 Å². The molecule has 30 heavy (non-hydrogen) atoms. The average molecular weight is 421 g/mol. The van der Waals surface area contributed by atoms with E-state index in [0.29, 0.717) is 24.3 Å². The lowest BCUT2D eigenvalue weighted by Gasteiger charge is -2.35. The molecular formula is C21H32N4O5. The number of nitrogens with one attached hydrogen (secondary N) is 1. The molecule has 9 nitrogen and oxygen atoms in total. The van der Waals surface area contributed by atoms with Crippen molar-refractivity contribution >= 4 is 11.9 Å². The maximum Gasteiger partial charge on any atom is 0.309 e. The molecule has 0 radical (unpaired) electrons. The third-order valence-corrected chi connectivity index (χ3v) is 6.22. The standard InChI is InChI=1S/C21H32N4O5/c1-4-14(5-2)30-15-10-16(20(27)28)19(22-13(3)26)17(11-15)25-12-18(23-24-25)21(29)8-6-7-9-21/h11-12,14,16-17,19,29H,4-10H2,1-3H3,(H,22,26)(H,27,28). The number of carboxylic acid groups (broad SMARTS) is 1. The van der Waals surface area contributed by atoms with Crippen LogP contribution in [0.1, 0.15) is 77.5 Å². The molecule has 1 amide bonds. The van der Waals surface area contributed by atoms with E-state index in [4.69, 9.17) is 4.74 Å². The second-order valence-electron chi connectivity index (χ2n) is 8.38. The van der Waals surface area contributed by atoms with Gasteiger partial charge in [-0.2, -0.15) is 0 Å². The quantitative estimate of drug-likeness (QED) is 0.589. The number of ether oxygens (including phenoxy) is 1. The molecule has 0 saturated heterocycles. The van der Waals surface area contributed by atoms with Crippen molar-refractivity contribution in [2.24, 2.45) is 5.92 Å². The molecule has 3 unspecified atom stereocenters. The number of nitrogens with zero attached hydrogens (tertiary/aromatic N) is 3. The smallest absolute Gasteiger partial charge is 0.309 e. The van der Waals surface area contributed by atoms with Crippen molar-refractivity contribution in [1.29, 1.82) is 0 Å². The summed E-state index contributed by atoms with van der Waals surface area (Å²) in [6.07, 6.45) is 8.41. The second kappa shape index (κ2) is 9.16. The summed E-state index contributed by atoms with van der Waals surface area (Å²) < 4.78 is 7.62. The van der Waals surface area contributed by atoms with Crippen molar-refractivity contribution in [2.45, 2.75) is 89.5 Å². The molecule has 3 rings (SSSR count). The van der Waals surface area contributed by atoms with Gasteiger partial charge in [0.1, 0.15) is 11.3 Å². The molecule has 2 aliphatic carbocycles. The third kappa shape index (κ3) is 4.66. The highest BCUT2D eigenvalue weighted by atomic mass is 16.5. The molecule has 0 aromatic carbocycles. The highest BCUT2D eigenvalue weighted by Gasteiger charge is 2.42. The first-order valence-corrected chi connectivity index (χ1v) is 10.8. The summed E-state index contributed by atoms with van der Waals surface area (Å²) in [7, 11) is 0. The predicted octanol–water partition coefficient (Wildman–Crippen LogP) is 2.28. The van der Waals surface area contributed by atoms with Crippen LogP contribution in [-0.2, 0) is 19.9 Å². The van der Waals surface area contributed by atoms with Gasteiger partial charge in [0.2, 0.25) is 5.91 Å². The molecule has 0 bridgehead atoms. The van der Waals surface area contributed by atoms with Gasteiger partial charge in [0.05, 0.1) is 36.1 Å². The molecule has 9 heteroatoms. The van der Waals surface area contributed by atoms with Gasteiger partial charge in [0, 0.05) is 13.3 Å². The molecule has 1 aromatic rings. The van der Waals surface area contributed by atoms with Crippen molar-refractivity contribution in [3.8, 4) is 0 Å². The van der Waals surface area contributed by atoms with E-state index < -0.39 is 29.6 Å². The van der Waals surface area contributed by atoms with Crippen molar-refractivity contribution in [2.75, 3.05) is 0 Å². The minimum atomic E-state index is -1.01. The van der Waals surface area contributed by atoms with E-state index >= 15 is 0 Å². The second-order valence-corrected chi connectivity index (χ2v) is 8.38. The first-order chi connectivity index (χ1) is 14.3. The Morgan fingerprint density at radius 1 is 1.33 bits per heavy atom. The summed E-state index contributed by atoms with van der Waals surface area (Å²) in [4.78, 5) is 23.9.